The van der Waals surface area contributed by atoms with E-state index >= 15 is 0 Å². The Morgan fingerprint density at radius 3 is 2.59 bits per heavy atom. The Bertz CT molecular complexity index is 717. The summed E-state index contributed by atoms with van der Waals surface area (Å²) >= 11 is 0. The molecule has 0 aliphatic carbocycles. The minimum Gasteiger partial charge on any atom is -0.465 e. The predicted octanol–water partition coefficient (Wildman–Crippen LogP) is 1.71. The predicted molar refractivity (Wildman–Crippen MR) is 76.3 cm³/mol. The summed E-state index contributed by atoms with van der Waals surface area (Å²) in [5, 5.41) is 0. The van der Waals surface area contributed by atoms with Gasteiger partial charge in [0, 0.05) is 13.8 Å². The number of hydrogen-bond acceptors (Lipinski definition) is 7. The summed E-state index contributed by atoms with van der Waals surface area (Å²) < 4.78 is 14.4. The fourth-order valence-electron chi connectivity index (χ4n) is 1.82. The third-order valence-electron chi connectivity index (χ3n) is 2.69. The summed E-state index contributed by atoms with van der Waals surface area (Å²) in [6, 6.07) is 4.46. The zero-order valence-corrected chi connectivity index (χ0v) is 12.2. The molecule has 1 aliphatic rings. The van der Waals surface area contributed by atoms with E-state index in [9.17, 15) is 14.4 Å². The second kappa shape index (κ2) is 6.21. The van der Waals surface area contributed by atoms with Crippen LogP contribution in [0, 0.1) is 0 Å². The van der Waals surface area contributed by atoms with Gasteiger partial charge in [0.25, 0.3) is 0 Å². The average Bonchev–Trinajstić information content (AvgIpc) is 2.77. The number of carbonyl (C=O) groups is 3. The topological polar surface area (TPSA) is 91.3 Å². The largest absolute Gasteiger partial charge is 0.465 e. The zero-order valence-electron chi connectivity index (χ0n) is 12.2. The van der Waals surface area contributed by atoms with Crippen LogP contribution in [0.3, 0.4) is 0 Å². The number of cyclic esters (lactones) is 1. The molecule has 0 radical (unpaired) electrons. The van der Waals surface area contributed by atoms with Crippen molar-refractivity contribution in [3.05, 3.63) is 35.0 Å². The van der Waals surface area contributed by atoms with Crippen molar-refractivity contribution >= 4 is 29.9 Å². The van der Waals surface area contributed by atoms with E-state index in [4.69, 9.17) is 9.47 Å². The third-order valence-corrected chi connectivity index (χ3v) is 2.69. The minimum absolute atomic E-state index is 0.0686. The second-order valence-electron chi connectivity index (χ2n) is 4.39. The van der Waals surface area contributed by atoms with Crippen molar-refractivity contribution in [1.29, 1.82) is 0 Å². The summed E-state index contributed by atoms with van der Waals surface area (Å²) in [4.78, 5) is 38.3. The molecule has 1 aromatic carbocycles. The Morgan fingerprint density at radius 2 is 2.05 bits per heavy atom. The normalized spacial score (nSPS) is 15.3. The lowest BCUT2D eigenvalue weighted by molar-refractivity contribution is -0.132. The van der Waals surface area contributed by atoms with Crippen molar-refractivity contribution in [3.63, 3.8) is 0 Å². The molecule has 7 heteroatoms. The van der Waals surface area contributed by atoms with E-state index in [2.05, 4.69) is 9.73 Å². The molecule has 0 bridgehead atoms. The summed E-state index contributed by atoms with van der Waals surface area (Å²) in [5.41, 5.74) is 0.703. The average molecular weight is 303 g/mol. The Kier molecular flexibility index (Phi) is 4.36. The lowest BCUT2D eigenvalue weighted by atomic mass is 10.1. The highest BCUT2D eigenvalue weighted by Crippen LogP contribution is 2.24. The van der Waals surface area contributed by atoms with Crippen LogP contribution in [0.1, 0.15) is 29.8 Å². The number of methoxy groups -OCH3 is 1. The van der Waals surface area contributed by atoms with Crippen LogP contribution >= 0.6 is 0 Å². The molecule has 7 nitrogen and oxygen atoms in total. The molecule has 0 aromatic heterocycles. The number of esters is 3. The summed E-state index contributed by atoms with van der Waals surface area (Å²) in [5.74, 6) is -1.46. The number of ether oxygens (including phenoxy) is 3. The molecule has 114 valence electrons. The molecule has 22 heavy (non-hydrogen) atoms. The van der Waals surface area contributed by atoms with E-state index in [1.54, 1.807) is 13.0 Å². The van der Waals surface area contributed by atoms with Gasteiger partial charge in [-0.1, -0.05) is 6.07 Å². The van der Waals surface area contributed by atoms with Gasteiger partial charge in [0.15, 0.2) is 11.6 Å². The highest BCUT2D eigenvalue weighted by atomic mass is 16.6. The molecule has 0 N–H and O–H groups in total. The monoisotopic (exact) mass is 303 g/mol. The molecule has 1 heterocycles. The van der Waals surface area contributed by atoms with Gasteiger partial charge in [0.2, 0.25) is 0 Å². The summed E-state index contributed by atoms with van der Waals surface area (Å²) in [6.45, 7) is 2.78. The minimum atomic E-state index is -0.662. The number of nitrogens with zero attached hydrogens (tertiary/aromatic N) is 1. The van der Waals surface area contributed by atoms with Crippen molar-refractivity contribution in [1.82, 2.24) is 0 Å². The van der Waals surface area contributed by atoms with Gasteiger partial charge < -0.3 is 14.2 Å². The van der Waals surface area contributed by atoms with Crippen molar-refractivity contribution in [2.75, 3.05) is 7.11 Å². The van der Waals surface area contributed by atoms with Crippen LogP contribution in [-0.4, -0.2) is 30.9 Å². The van der Waals surface area contributed by atoms with Crippen LogP contribution in [0.4, 0.5) is 0 Å². The van der Waals surface area contributed by atoms with Crippen molar-refractivity contribution in [2.45, 2.75) is 13.8 Å². The quantitative estimate of drug-likeness (QED) is 0.479. The molecule has 1 aliphatic heterocycles. The number of aliphatic imine (C=N–C) groups is 1. The smallest absolute Gasteiger partial charge is 0.363 e. The summed E-state index contributed by atoms with van der Waals surface area (Å²) in [7, 11) is 1.22. The Labute approximate surface area is 126 Å². The Hall–Kier alpha value is -2.96. The molecule has 0 saturated carbocycles. The molecule has 0 spiro atoms. The molecule has 0 amide bonds. The number of carbonyl (C=O) groups excluding carboxylic acids is 3. The highest BCUT2D eigenvalue weighted by molar-refractivity contribution is 6.06. The molecular weight excluding hydrogens is 290 g/mol. The maximum absolute atomic E-state index is 11.8. The molecule has 1 aromatic rings. The molecule has 2 rings (SSSR count). The fourth-order valence-corrected chi connectivity index (χ4v) is 1.82. The zero-order chi connectivity index (χ0) is 16.3. The van der Waals surface area contributed by atoms with E-state index in [1.807, 2.05) is 0 Å². The van der Waals surface area contributed by atoms with Gasteiger partial charge in [-0.25, -0.2) is 14.6 Å². The van der Waals surface area contributed by atoms with E-state index in [1.165, 1.54) is 32.2 Å². The van der Waals surface area contributed by atoms with E-state index in [-0.39, 0.29) is 22.9 Å². The number of rotatable bonds is 3. The Morgan fingerprint density at radius 1 is 1.32 bits per heavy atom. The van der Waals surface area contributed by atoms with Crippen LogP contribution in [-0.2, 0) is 19.1 Å². The first-order valence-corrected chi connectivity index (χ1v) is 6.30. The third kappa shape index (κ3) is 3.38. The Balaban J connectivity index is 2.43. The van der Waals surface area contributed by atoms with Gasteiger partial charge in [-0.3, -0.25) is 4.79 Å². The first-order chi connectivity index (χ1) is 10.4. The van der Waals surface area contributed by atoms with Crippen LogP contribution in [0.15, 0.2) is 28.9 Å². The van der Waals surface area contributed by atoms with Gasteiger partial charge in [0.1, 0.15) is 11.3 Å². The fraction of sp³-hybridized carbons (Fsp3) is 0.200. The van der Waals surface area contributed by atoms with Gasteiger partial charge in [-0.15, -0.1) is 0 Å². The number of benzene rings is 1. The molecule has 0 saturated heterocycles. The van der Waals surface area contributed by atoms with Crippen LogP contribution < -0.4 is 4.74 Å². The molecular formula is C15H13NO6. The lowest BCUT2D eigenvalue weighted by Gasteiger charge is -2.08. The lowest BCUT2D eigenvalue weighted by Crippen LogP contribution is -2.09. The second-order valence-corrected chi connectivity index (χ2v) is 4.39. The van der Waals surface area contributed by atoms with Crippen molar-refractivity contribution < 1.29 is 28.6 Å². The van der Waals surface area contributed by atoms with Crippen LogP contribution in [0.5, 0.6) is 5.75 Å². The summed E-state index contributed by atoms with van der Waals surface area (Å²) in [6.07, 6.45) is 1.46. The van der Waals surface area contributed by atoms with Gasteiger partial charge in [-0.05, 0) is 23.8 Å². The first-order valence-electron chi connectivity index (χ1n) is 6.30. The van der Waals surface area contributed by atoms with Crippen LogP contribution in [0.25, 0.3) is 6.08 Å². The SMILES string of the molecule is COC(=O)c1cc(C=C2N=C(C)OC2=O)ccc1OC(C)=O. The highest BCUT2D eigenvalue weighted by Gasteiger charge is 2.20. The van der Waals surface area contributed by atoms with E-state index in [0.29, 0.717) is 5.56 Å². The van der Waals surface area contributed by atoms with E-state index in [0.717, 1.165) is 0 Å². The number of hydrogen-bond donors (Lipinski definition) is 0. The van der Waals surface area contributed by atoms with E-state index < -0.39 is 17.9 Å². The maximum atomic E-state index is 11.8. The van der Waals surface area contributed by atoms with Gasteiger partial charge >= 0.3 is 17.9 Å². The van der Waals surface area contributed by atoms with Crippen molar-refractivity contribution in [3.8, 4) is 5.75 Å². The molecule has 0 unspecified atom stereocenters. The van der Waals surface area contributed by atoms with Gasteiger partial charge in [0.05, 0.1) is 7.11 Å². The standard InChI is InChI=1S/C15H13NO6/c1-8-16-12(15(19)21-8)7-10-4-5-13(22-9(2)17)11(6-10)14(18)20-3/h4-7H,1-3H3. The molecule has 0 fully saturated rings. The maximum Gasteiger partial charge on any atom is 0.363 e. The van der Waals surface area contributed by atoms with Crippen molar-refractivity contribution in [2.24, 2.45) is 4.99 Å². The van der Waals surface area contributed by atoms with Gasteiger partial charge in [-0.2, -0.15) is 0 Å². The first kappa shape index (κ1) is 15.4. The van der Waals surface area contributed by atoms with Crippen LogP contribution in [0.2, 0.25) is 0 Å². The molecule has 0 atom stereocenters.